The molecule has 2 saturated heterocycles. The van der Waals surface area contributed by atoms with Gasteiger partial charge in [0.1, 0.15) is 5.82 Å². The summed E-state index contributed by atoms with van der Waals surface area (Å²) >= 11 is 0. The first-order chi connectivity index (χ1) is 11.1. The highest BCUT2D eigenvalue weighted by molar-refractivity contribution is 5.89. The second-order valence-electron chi connectivity index (χ2n) is 6.64. The predicted molar refractivity (Wildman–Crippen MR) is 85.0 cm³/mol. The fourth-order valence-corrected chi connectivity index (χ4v) is 3.58. The number of nitrogens with zero attached hydrogens (tertiary/aromatic N) is 2. The summed E-state index contributed by atoms with van der Waals surface area (Å²) in [7, 11) is 0. The van der Waals surface area contributed by atoms with Crippen molar-refractivity contribution >= 4 is 11.8 Å². The molecule has 1 aromatic carbocycles. The summed E-state index contributed by atoms with van der Waals surface area (Å²) in [6, 6.07) is 6.73. The van der Waals surface area contributed by atoms with Crippen molar-refractivity contribution in [3.05, 3.63) is 35.6 Å². The lowest BCUT2D eigenvalue weighted by Gasteiger charge is -2.35. The number of piperidine rings is 1. The molecular weight excluding hydrogens is 295 g/mol. The molecule has 0 aromatic heterocycles. The zero-order chi connectivity index (χ0) is 16.4. The Hall–Kier alpha value is -1.91. The van der Waals surface area contributed by atoms with E-state index in [1.165, 1.54) is 6.07 Å². The second-order valence-corrected chi connectivity index (χ2v) is 6.64. The van der Waals surface area contributed by atoms with E-state index in [1.54, 1.807) is 23.1 Å². The molecule has 0 spiro atoms. The third-order valence-corrected chi connectivity index (χ3v) is 4.97. The fourth-order valence-electron chi connectivity index (χ4n) is 3.58. The topological polar surface area (TPSA) is 40.6 Å². The lowest BCUT2D eigenvalue weighted by Crippen LogP contribution is -2.45. The fraction of sp³-hybridized carbons (Fsp3) is 0.556. The molecule has 4 nitrogen and oxygen atoms in total. The van der Waals surface area contributed by atoms with Crippen LogP contribution in [0.2, 0.25) is 0 Å². The molecule has 23 heavy (non-hydrogen) atoms. The highest BCUT2D eigenvalue weighted by atomic mass is 19.1. The minimum Gasteiger partial charge on any atom is -0.340 e. The monoisotopic (exact) mass is 318 g/mol. The number of halogens is 1. The van der Waals surface area contributed by atoms with Crippen molar-refractivity contribution in [3.63, 3.8) is 0 Å². The van der Waals surface area contributed by atoms with E-state index in [0.29, 0.717) is 12.1 Å². The number of rotatable bonds is 3. The van der Waals surface area contributed by atoms with Crippen molar-refractivity contribution < 1.29 is 14.0 Å². The first-order valence-electron chi connectivity index (χ1n) is 8.38. The quantitative estimate of drug-likeness (QED) is 0.859. The SMILES string of the molecule is C[C@@H]1CCCCN1C(=O)[C@H]1CC(=O)N(Cc2ccccc2F)C1. The minimum absolute atomic E-state index is 0.0590. The van der Waals surface area contributed by atoms with Crippen LogP contribution in [0.25, 0.3) is 0 Å². The third kappa shape index (κ3) is 3.38. The Morgan fingerprint density at radius 3 is 2.83 bits per heavy atom. The molecular formula is C18H23FN2O2. The molecule has 0 saturated carbocycles. The summed E-state index contributed by atoms with van der Waals surface area (Å²) in [5.74, 6) is -0.563. The Morgan fingerprint density at radius 2 is 2.09 bits per heavy atom. The standard InChI is InChI=1S/C18H23FN2O2/c1-13-6-4-5-9-21(13)18(23)15-10-17(22)20(12-15)11-14-7-2-3-8-16(14)19/h2-3,7-8,13,15H,4-6,9-12H2,1H3/t13-,15+/m1/s1. The molecule has 2 heterocycles. The molecule has 124 valence electrons. The van der Waals surface area contributed by atoms with E-state index in [2.05, 4.69) is 6.92 Å². The minimum atomic E-state index is -0.306. The van der Waals surface area contributed by atoms with Crippen LogP contribution in [0.1, 0.15) is 38.2 Å². The Labute approximate surface area is 136 Å². The zero-order valence-electron chi connectivity index (χ0n) is 13.5. The Morgan fingerprint density at radius 1 is 1.30 bits per heavy atom. The van der Waals surface area contributed by atoms with Crippen LogP contribution in [0, 0.1) is 11.7 Å². The van der Waals surface area contributed by atoms with Crippen molar-refractivity contribution in [3.8, 4) is 0 Å². The van der Waals surface area contributed by atoms with Gasteiger partial charge in [0.2, 0.25) is 11.8 Å². The maximum Gasteiger partial charge on any atom is 0.228 e. The zero-order valence-corrected chi connectivity index (χ0v) is 13.5. The lowest BCUT2D eigenvalue weighted by atomic mass is 9.99. The van der Waals surface area contributed by atoms with Crippen LogP contribution >= 0.6 is 0 Å². The normalized spacial score (nSPS) is 25.0. The number of likely N-dealkylation sites (tertiary alicyclic amines) is 2. The van der Waals surface area contributed by atoms with Crippen LogP contribution < -0.4 is 0 Å². The average Bonchev–Trinajstić information content (AvgIpc) is 2.90. The van der Waals surface area contributed by atoms with Crippen LogP contribution in [-0.2, 0) is 16.1 Å². The molecule has 2 atom stereocenters. The van der Waals surface area contributed by atoms with Crippen molar-refractivity contribution in [1.29, 1.82) is 0 Å². The number of carbonyl (C=O) groups is 2. The van der Waals surface area contributed by atoms with Crippen LogP contribution in [0.3, 0.4) is 0 Å². The Bertz CT molecular complexity index is 604. The number of hydrogen-bond acceptors (Lipinski definition) is 2. The molecule has 2 amide bonds. The van der Waals surface area contributed by atoms with E-state index < -0.39 is 0 Å². The molecule has 2 aliphatic heterocycles. The smallest absolute Gasteiger partial charge is 0.228 e. The van der Waals surface area contributed by atoms with Crippen molar-refractivity contribution in [2.75, 3.05) is 13.1 Å². The summed E-state index contributed by atoms with van der Waals surface area (Å²) in [5, 5.41) is 0. The first kappa shape index (κ1) is 16.0. The van der Waals surface area contributed by atoms with E-state index >= 15 is 0 Å². The van der Waals surface area contributed by atoms with Gasteiger partial charge in [0.25, 0.3) is 0 Å². The molecule has 0 radical (unpaired) electrons. The summed E-state index contributed by atoms with van der Waals surface area (Å²) in [6.07, 6.45) is 3.48. The van der Waals surface area contributed by atoms with Crippen LogP contribution in [0.4, 0.5) is 4.39 Å². The maximum absolute atomic E-state index is 13.8. The van der Waals surface area contributed by atoms with E-state index in [9.17, 15) is 14.0 Å². The molecule has 2 fully saturated rings. The molecule has 1 aromatic rings. The van der Waals surface area contributed by atoms with E-state index in [0.717, 1.165) is 25.8 Å². The van der Waals surface area contributed by atoms with Crippen LogP contribution in [0.15, 0.2) is 24.3 Å². The van der Waals surface area contributed by atoms with E-state index in [-0.39, 0.29) is 42.6 Å². The Balaban J connectivity index is 1.65. The van der Waals surface area contributed by atoms with Gasteiger partial charge in [-0.2, -0.15) is 0 Å². The lowest BCUT2D eigenvalue weighted by molar-refractivity contribution is -0.139. The number of carbonyl (C=O) groups excluding carboxylic acids is 2. The number of benzene rings is 1. The van der Waals surface area contributed by atoms with Gasteiger partial charge in [0.05, 0.1) is 5.92 Å². The highest BCUT2D eigenvalue weighted by Crippen LogP contribution is 2.26. The summed E-state index contributed by atoms with van der Waals surface area (Å²) in [5.41, 5.74) is 0.500. The van der Waals surface area contributed by atoms with Gasteiger partial charge in [0.15, 0.2) is 0 Å². The average molecular weight is 318 g/mol. The number of hydrogen-bond donors (Lipinski definition) is 0. The highest BCUT2D eigenvalue weighted by Gasteiger charge is 2.38. The van der Waals surface area contributed by atoms with Crippen molar-refractivity contribution in [2.45, 2.75) is 45.2 Å². The van der Waals surface area contributed by atoms with Crippen molar-refractivity contribution in [1.82, 2.24) is 9.80 Å². The van der Waals surface area contributed by atoms with E-state index in [1.807, 2.05) is 4.90 Å². The molecule has 0 unspecified atom stereocenters. The van der Waals surface area contributed by atoms with Gasteiger partial charge in [-0.1, -0.05) is 18.2 Å². The Kier molecular flexibility index (Phi) is 4.64. The second kappa shape index (κ2) is 6.69. The molecule has 0 N–H and O–H groups in total. The van der Waals surface area contributed by atoms with Crippen LogP contribution in [0.5, 0.6) is 0 Å². The maximum atomic E-state index is 13.8. The van der Waals surface area contributed by atoms with E-state index in [4.69, 9.17) is 0 Å². The number of amides is 2. The predicted octanol–water partition coefficient (Wildman–Crippen LogP) is 2.58. The molecule has 3 rings (SSSR count). The van der Waals surface area contributed by atoms with Gasteiger partial charge in [-0.3, -0.25) is 9.59 Å². The van der Waals surface area contributed by atoms with Crippen LogP contribution in [-0.4, -0.2) is 40.7 Å². The molecule has 0 bridgehead atoms. The van der Waals surface area contributed by atoms with Gasteiger partial charge in [-0.25, -0.2) is 4.39 Å². The molecule has 5 heteroatoms. The van der Waals surface area contributed by atoms with Gasteiger partial charge in [-0.15, -0.1) is 0 Å². The molecule has 0 aliphatic carbocycles. The van der Waals surface area contributed by atoms with Crippen molar-refractivity contribution in [2.24, 2.45) is 5.92 Å². The van der Waals surface area contributed by atoms with Gasteiger partial charge >= 0.3 is 0 Å². The third-order valence-electron chi connectivity index (χ3n) is 4.97. The summed E-state index contributed by atoms with van der Waals surface area (Å²) < 4.78 is 13.8. The first-order valence-corrected chi connectivity index (χ1v) is 8.38. The summed E-state index contributed by atoms with van der Waals surface area (Å²) in [6.45, 7) is 3.50. The van der Waals surface area contributed by atoms with Gasteiger partial charge in [-0.05, 0) is 32.3 Å². The van der Waals surface area contributed by atoms with Gasteiger partial charge in [0, 0.05) is 37.7 Å². The molecule has 2 aliphatic rings. The van der Waals surface area contributed by atoms with Gasteiger partial charge < -0.3 is 9.80 Å². The summed E-state index contributed by atoms with van der Waals surface area (Å²) in [4.78, 5) is 28.4. The largest absolute Gasteiger partial charge is 0.340 e.